The fourth-order valence-electron chi connectivity index (χ4n) is 2.68. The largest absolute Gasteiger partial charge is 0.356 e. The third-order valence-electron chi connectivity index (χ3n) is 4.19. The van der Waals surface area contributed by atoms with Crippen molar-refractivity contribution in [3.8, 4) is 0 Å². The first-order valence-electron chi connectivity index (χ1n) is 8.41. The van der Waals surface area contributed by atoms with Gasteiger partial charge in [-0.25, -0.2) is 0 Å². The first-order chi connectivity index (χ1) is 10.7. The van der Waals surface area contributed by atoms with Crippen molar-refractivity contribution in [3.05, 3.63) is 30.3 Å². The zero-order chi connectivity index (χ0) is 15.6. The molecule has 1 aromatic rings. The molecule has 1 N–H and O–H groups in total. The molecule has 1 fully saturated rings. The third kappa shape index (κ3) is 6.84. The van der Waals surface area contributed by atoms with Gasteiger partial charge in [-0.1, -0.05) is 25.1 Å². The second kappa shape index (κ2) is 9.90. The molecule has 0 spiro atoms. The van der Waals surface area contributed by atoms with Crippen molar-refractivity contribution in [2.75, 3.05) is 31.9 Å². The van der Waals surface area contributed by atoms with Gasteiger partial charge < -0.3 is 10.2 Å². The SMILES string of the molecule is CC1CCN(CCCNC(=O)CCSc2ccccc2)CC1. The molecular formula is C18H28N2OS. The molecule has 0 unspecified atom stereocenters. The molecule has 22 heavy (non-hydrogen) atoms. The summed E-state index contributed by atoms with van der Waals surface area (Å²) in [7, 11) is 0. The van der Waals surface area contributed by atoms with Crippen LogP contribution in [0.5, 0.6) is 0 Å². The minimum Gasteiger partial charge on any atom is -0.356 e. The van der Waals surface area contributed by atoms with Crippen molar-refractivity contribution >= 4 is 17.7 Å². The van der Waals surface area contributed by atoms with Crippen LogP contribution in [0.2, 0.25) is 0 Å². The van der Waals surface area contributed by atoms with Crippen LogP contribution in [0.15, 0.2) is 35.2 Å². The third-order valence-corrected chi connectivity index (χ3v) is 5.20. The van der Waals surface area contributed by atoms with Gasteiger partial charge in [-0.05, 0) is 56.9 Å². The Morgan fingerprint density at radius 2 is 2.00 bits per heavy atom. The normalized spacial score (nSPS) is 16.6. The summed E-state index contributed by atoms with van der Waals surface area (Å²) in [6.45, 7) is 6.71. The Labute approximate surface area is 138 Å². The Balaban J connectivity index is 1.47. The lowest BCUT2D eigenvalue weighted by Gasteiger charge is -2.30. The highest BCUT2D eigenvalue weighted by molar-refractivity contribution is 7.99. The number of amides is 1. The van der Waals surface area contributed by atoms with E-state index < -0.39 is 0 Å². The number of thioether (sulfide) groups is 1. The van der Waals surface area contributed by atoms with E-state index in [9.17, 15) is 4.79 Å². The van der Waals surface area contributed by atoms with Crippen molar-refractivity contribution in [2.45, 2.75) is 37.5 Å². The highest BCUT2D eigenvalue weighted by Gasteiger charge is 2.14. The molecule has 1 heterocycles. The topological polar surface area (TPSA) is 32.3 Å². The summed E-state index contributed by atoms with van der Waals surface area (Å²) >= 11 is 1.74. The van der Waals surface area contributed by atoms with E-state index in [1.807, 2.05) is 18.2 Å². The number of rotatable bonds is 8. The zero-order valence-electron chi connectivity index (χ0n) is 13.6. The van der Waals surface area contributed by atoms with Crippen molar-refractivity contribution < 1.29 is 4.79 Å². The highest BCUT2D eigenvalue weighted by Crippen LogP contribution is 2.17. The summed E-state index contributed by atoms with van der Waals surface area (Å²) in [5.41, 5.74) is 0. The van der Waals surface area contributed by atoms with E-state index in [1.54, 1.807) is 11.8 Å². The minimum atomic E-state index is 0.177. The molecule has 1 aliphatic rings. The van der Waals surface area contributed by atoms with E-state index in [1.165, 1.54) is 30.8 Å². The van der Waals surface area contributed by atoms with Crippen LogP contribution >= 0.6 is 11.8 Å². The molecule has 1 amide bonds. The van der Waals surface area contributed by atoms with Crippen molar-refractivity contribution in [2.24, 2.45) is 5.92 Å². The van der Waals surface area contributed by atoms with Crippen molar-refractivity contribution in [1.82, 2.24) is 10.2 Å². The molecular weight excluding hydrogens is 292 g/mol. The zero-order valence-corrected chi connectivity index (χ0v) is 14.4. The molecule has 1 saturated heterocycles. The van der Waals surface area contributed by atoms with Gasteiger partial charge in [0.2, 0.25) is 5.91 Å². The van der Waals surface area contributed by atoms with Gasteiger partial charge in [-0.15, -0.1) is 11.8 Å². The number of likely N-dealkylation sites (tertiary alicyclic amines) is 1. The molecule has 0 radical (unpaired) electrons. The van der Waals surface area contributed by atoms with Gasteiger partial charge in [0, 0.05) is 23.6 Å². The van der Waals surface area contributed by atoms with E-state index in [0.717, 1.165) is 31.2 Å². The molecule has 3 nitrogen and oxygen atoms in total. The van der Waals surface area contributed by atoms with Crippen molar-refractivity contribution in [1.29, 1.82) is 0 Å². The van der Waals surface area contributed by atoms with Gasteiger partial charge in [0.05, 0.1) is 0 Å². The number of piperidine rings is 1. The Morgan fingerprint density at radius 1 is 1.27 bits per heavy atom. The summed E-state index contributed by atoms with van der Waals surface area (Å²) < 4.78 is 0. The number of hydrogen-bond donors (Lipinski definition) is 1. The first-order valence-corrected chi connectivity index (χ1v) is 9.39. The maximum absolute atomic E-state index is 11.8. The smallest absolute Gasteiger partial charge is 0.220 e. The second-order valence-electron chi connectivity index (χ2n) is 6.14. The average Bonchev–Trinajstić information content (AvgIpc) is 2.54. The molecule has 0 aromatic heterocycles. The Hall–Kier alpha value is -1.00. The predicted octanol–water partition coefficient (Wildman–Crippen LogP) is 3.41. The molecule has 2 rings (SSSR count). The molecule has 0 atom stereocenters. The number of nitrogens with zero attached hydrogens (tertiary/aromatic N) is 1. The van der Waals surface area contributed by atoms with E-state index in [-0.39, 0.29) is 5.91 Å². The highest BCUT2D eigenvalue weighted by atomic mass is 32.2. The number of carbonyl (C=O) groups is 1. The quantitative estimate of drug-likeness (QED) is 0.588. The summed E-state index contributed by atoms with van der Waals surface area (Å²) in [5, 5.41) is 3.04. The van der Waals surface area contributed by atoms with Crippen LogP contribution in [0.4, 0.5) is 0 Å². The van der Waals surface area contributed by atoms with Crippen molar-refractivity contribution in [3.63, 3.8) is 0 Å². The molecule has 122 valence electrons. The standard InChI is InChI=1S/C18H28N2OS/c1-16-8-13-20(14-9-16)12-5-11-19-18(21)10-15-22-17-6-3-2-4-7-17/h2-4,6-7,16H,5,8-15H2,1H3,(H,19,21). The second-order valence-corrected chi connectivity index (χ2v) is 7.31. The molecule has 0 bridgehead atoms. The Kier molecular flexibility index (Phi) is 7.81. The maximum atomic E-state index is 11.8. The number of carbonyl (C=O) groups excluding carboxylic acids is 1. The lowest BCUT2D eigenvalue weighted by Crippen LogP contribution is -2.35. The van der Waals surface area contributed by atoms with Crippen LogP contribution in [0.25, 0.3) is 0 Å². The summed E-state index contributed by atoms with van der Waals surface area (Å²) in [5.74, 6) is 1.91. The van der Waals surface area contributed by atoms with Gasteiger partial charge in [0.1, 0.15) is 0 Å². The number of nitrogens with one attached hydrogen (secondary N) is 1. The summed E-state index contributed by atoms with van der Waals surface area (Å²) in [4.78, 5) is 15.5. The average molecular weight is 321 g/mol. The number of hydrogen-bond acceptors (Lipinski definition) is 3. The molecule has 1 aromatic carbocycles. The van der Waals surface area contributed by atoms with Crippen LogP contribution in [0, 0.1) is 5.92 Å². The summed E-state index contributed by atoms with van der Waals surface area (Å²) in [6, 6.07) is 10.2. The fraction of sp³-hybridized carbons (Fsp3) is 0.611. The molecule has 0 saturated carbocycles. The molecule has 0 aliphatic carbocycles. The number of benzene rings is 1. The molecule has 4 heteroatoms. The van der Waals surface area contributed by atoms with Crippen LogP contribution in [-0.2, 0) is 4.79 Å². The van der Waals surface area contributed by atoms with Crippen LogP contribution in [0.3, 0.4) is 0 Å². The lowest BCUT2D eigenvalue weighted by molar-refractivity contribution is -0.120. The lowest BCUT2D eigenvalue weighted by atomic mass is 9.99. The Bertz CT molecular complexity index is 430. The van der Waals surface area contributed by atoms with Crippen LogP contribution < -0.4 is 5.32 Å². The predicted molar refractivity (Wildman–Crippen MR) is 94.2 cm³/mol. The Morgan fingerprint density at radius 3 is 2.73 bits per heavy atom. The van der Waals surface area contributed by atoms with Crippen LogP contribution in [0.1, 0.15) is 32.6 Å². The monoisotopic (exact) mass is 320 g/mol. The van der Waals surface area contributed by atoms with E-state index in [0.29, 0.717) is 6.42 Å². The van der Waals surface area contributed by atoms with Gasteiger partial charge >= 0.3 is 0 Å². The van der Waals surface area contributed by atoms with E-state index in [4.69, 9.17) is 0 Å². The maximum Gasteiger partial charge on any atom is 0.220 e. The van der Waals surface area contributed by atoms with Gasteiger partial charge in [-0.2, -0.15) is 0 Å². The van der Waals surface area contributed by atoms with E-state index in [2.05, 4.69) is 29.3 Å². The van der Waals surface area contributed by atoms with Crippen LogP contribution in [-0.4, -0.2) is 42.7 Å². The molecule has 1 aliphatic heterocycles. The fourth-order valence-corrected chi connectivity index (χ4v) is 3.56. The summed E-state index contributed by atoms with van der Waals surface area (Å²) in [6.07, 6.45) is 4.30. The first kappa shape index (κ1) is 17.4. The van der Waals surface area contributed by atoms with Gasteiger partial charge in [0.15, 0.2) is 0 Å². The minimum absolute atomic E-state index is 0.177. The van der Waals surface area contributed by atoms with Gasteiger partial charge in [-0.3, -0.25) is 4.79 Å². The van der Waals surface area contributed by atoms with Gasteiger partial charge in [0.25, 0.3) is 0 Å². The van der Waals surface area contributed by atoms with E-state index >= 15 is 0 Å².